The number of para-hydroxylation sites is 1. The number of rotatable bonds is 4. The van der Waals surface area contributed by atoms with Crippen LogP contribution in [0, 0.1) is 5.92 Å². The molecule has 1 aliphatic rings. The van der Waals surface area contributed by atoms with E-state index in [2.05, 4.69) is 0 Å². The molecule has 0 saturated carbocycles. The van der Waals surface area contributed by atoms with Crippen molar-refractivity contribution in [3.63, 3.8) is 0 Å². The second-order valence-electron chi connectivity index (χ2n) is 5.42. The molecule has 0 fully saturated rings. The smallest absolute Gasteiger partial charge is 0.338 e. The van der Waals surface area contributed by atoms with Gasteiger partial charge in [-0.05, 0) is 18.1 Å². The summed E-state index contributed by atoms with van der Waals surface area (Å²) in [6, 6.07) is 6.27. The Kier molecular flexibility index (Phi) is 5.00. The quantitative estimate of drug-likeness (QED) is 0.812. The van der Waals surface area contributed by atoms with E-state index >= 15 is 0 Å². The number of esters is 1. The Balaban J connectivity index is 2.12. The number of amides is 3. The highest BCUT2D eigenvalue weighted by atomic mass is 16.6. The van der Waals surface area contributed by atoms with Gasteiger partial charge in [-0.25, -0.2) is 9.59 Å². The molecular weight excluding hydrogens is 300 g/mol. The molecule has 1 aromatic rings. The summed E-state index contributed by atoms with van der Waals surface area (Å²) in [7, 11) is 0. The predicted octanol–water partition coefficient (Wildman–Crippen LogP) is 1.23. The van der Waals surface area contributed by atoms with Crippen molar-refractivity contribution in [2.75, 3.05) is 6.61 Å². The van der Waals surface area contributed by atoms with E-state index in [1.807, 2.05) is 23.5 Å². The molecule has 1 heterocycles. The summed E-state index contributed by atoms with van der Waals surface area (Å²) in [4.78, 5) is 34.9. The average Bonchev–Trinajstić information content (AvgIpc) is 2.50. The molecule has 7 nitrogen and oxygen atoms in total. The maximum atomic E-state index is 12.2. The van der Waals surface area contributed by atoms with Gasteiger partial charge in [-0.2, -0.15) is 0 Å². The van der Waals surface area contributed by atoms with Gasteiger partial charge in [0.05, 0.1) is 5.57 Å². The summed E-state index contributed by atoms with van der Waals surface area (Å²) in [5.74, 6) is -1.07. The van der Waals surface area contributed by atoms with Gasteiger partial charge in [0.1, 0.15) is 12.4 Å². The molecule has 0 aromatic heterocycles. The standard InChI is InChI=1S/C16H18N2O5/c1-9(2)13(14(19)18-16(17)21)23-15(20)11-7-10-5-3-4-6-12(10)22-8-11/h3-7,9,13H,8H2,1-2H3,(H3,17,18,19,21)/t13-/m0/s1. The van der Waals surface area contributed by atoms with Gasteiger partial charge in [0, 0.05) is 5.56 Å². The number of nitrogens with two attached hydrogens (primary N) is 1. The third-order valence-electron chi connectivity index (χ3n) is 3.24. The predicted molar refractivity (Wildman–Crippen MR) is 82.4 cm³/mol. The minimum atomic E-state index is -1.12. The monoisotopic (exact) mass is 318 g/mol. The molecule has 23 heavy (non-hydrogen) atoms. The summed E-state index contributed by atoms with van der Waals surface area (Å²) in [6.07, 6.45) is 0.540. The number of carbonyl (C=O) groups is 3. The molecule has 3 N–H and O–H groups in total. The molecule has 0 aliphatic carbocycles. The fraction of sp³-hybridized carbons (Fsp3) is 0.312. The van der Waals surface area contributed by atoms with Crippen LogP contribution in [0.2, 0.25) is 0 Å². The highest BCUT2D eigenvalue weighted by molar-refractivity contribution is 5.99. The molecule has 0 spiro atoms. The van der Waals surface area contributed by atoms with Crippen molar-refractivity contribution < 1.29 is 23.9 Å². The van der Waals surface area contributed by atoms with E-state index < -0.39 is 24.0 Å². The maximum absolute atomic E-state index is 12.2. The molecule has 1 aromatic carbocycles. The first kappa shape index (κ1) is 16.5. The molecule has 2 rings (SSSR count). The summed E-state index contributed by atoms with van der Waals surface area (Å²) in [6.45, 7) is 3.44. The Morgan fingerprint density at radius 1 is 1.26 bits per heavy atom. The molecule has 3 amide bonds. The molecule has 0 unspecified atom stereocenters. The third kappa shape index (κ3) is 4.09. The van der Waals surface area contributed by atoms with E-state index in [0.29, 0.717) is 11.3 Å². The van der Waals surface area contributed by atoms with E-state index in [9.17, 15) is 14.4 Å². The Morgan fingerprint density at radius 3 is 2.61 bits per heavy atom. The molecule has 0 radical (unpaired) electrons. The van der Waals surface area contributed by atoms with Crippen LogP contribution in [0.15, 0.2) is 29.8 Å². The van der Waals surface area contributed by atoms with Crippen LogP contribution < -0.4 is 15.8 Å². The largest absolute Gasteiger partial charge is 0.488 e. The highest BCUT2D eigenvalue weighted by Crippen LogP contribution is 2.26. The van der Waals surface area contributed by atoms with Crippen molar-refractivity contribution in [3.8, 4) is 5.75 Å². The first-order valence-corrected chi connectivity index (χ1v) is 7.12. The summed E-state index contributed by atoms with van der Waals surface area (Å²) in [5.41, 5.74) is 5.97. The van der Waals surface area contributed by atoms with Crippen LogP contribution in [-0.4, -0.2) is 30.6 Å². The zero-order valence-electron chi connectivity index (χ0n) is 12.9. The second-order valence-corrected chi connectivity index (χ2v) is 5.42. The van der Waals surface area contributed by atoms with Gasteiger partial charge < -0.3 is 15.2 Å². The normalized spacial score (nSPS) is 14.1. The lowest BCUT2D eigenvalue weighted by Gasteiger charge is -2.22. The van der Waals surface area contributed by atoms with Gasteiger partial charge >= 0.3 is 12.0 Å². The molecule has 0 bridgehead atoms. The second kappa shape index (κ2) is 6.95. The fourth-order valence-electron chi connectivity index (χ4n) is 2.11. The highest BCUT2D eigenvalue weighted by Gasteiger charge is 2.29. The van der Waals surface area contributed by atoms with Crippen LogP contribution >= 0.6 is 0 Å². The fourth-order valence-corrected chi connectivity index (χ4v) is 2.11. The lowest BCUT2D eigenvalue weighted by atomic mass is 10.1. The summed E-state index contributed by atoms with van der Waals surface area (Å²) in [5, 5.41) is 1.92. The number of primary amides is 1. The average molecular weight is 318 g/mol. The Bertz CT molecular complexity index is 666. The number of hydrogen-bond acceptors (Lipinski definition) is 5. The van der Waals surface area contributed by atoms with Crippen molar-refractivity contribution in [2.45, 2.75) is 20.0 Å². The minimum Gasteiger partial charge on any atom is -0.488 e. The van der Waals surface area contributed by atoms with Gasteiger partial charge in [-0.15, -0.1) is 0 Å². The van der Waals surface area contributed by atoms with Gasteiger partial charge in [0.25, 0.3) is 5.91 Å². The molecule has 0 saturated heterocycles. The van der Waals surface area contributed by atoms with Crippen LogP contribution in [0.1, 0.15) is 19.4 Å². The molecule has 122 valence electrons. The van der Waals surface area contributed by atoms with Crippen LogP contribution in [0.4, 0.5) is 4.79 Å². The zero-order chi connectivity index (χ0) is 17.0. The molecule has 7 heteroatoms. The topological polar surface area (TPSA) is 108 Å². The van der Waals surface area contributed by atoms with Gasteiger partial charge in [0.15, 0.2) is 6.10 Å². The lowest BCUT2D eigenvalue weighted by Crippen LogP contribution is -2.45. The van der Waals surface area contributed by atoms with E-state index in [1.54, 1.807) is 26.0 Å². The van der Waals surface area contributed by atoms with Crippen LogP contribution in [0.25, 0.3) is 6.08 Å². The molecular formula is C16H18N2O5. The van der Waals surface area contributed by atoms with Gasteiger partial charge in [0.2, 0.25) is 0 Å². The van der Waals surface area contributed by atoms with Crippen molar-refractivity contribution in [3.05, 3.63) is 35.4 Å². The number of hydrogen-bond donors (Lipinski definition) is 2. The number of imide groups is 1. The van der Waals surface area contributed by atoms with Crippen LogP contribution in [0.5, 0.6) is 5.75 Å². The maximum Gasteiger partial charge on any atom is 0.338 e. The molecule has 1 atom stereocenters. The SMILES string of the molecule is CC(C)[C@H](OC(=O)C1=Cc2ccccc2OC1)C(=O)NC(N)=O. The zero-order valence-corrected chi connectivity index (χ0v) is 12.9. The van der Waals surface area contributed by atoms with Crippen molar-refractivity contribution in [1.29, 1.82) is 0 Å². The number of ether oxygens (including phenoxy) is 2. The number of fused-ring (bicyclic) bond motifs is 1. The van der Waals surface area contributed by atoms with E-state index in [0.717, 1.165) is 5.56 Å². The summed E-state index contributed by atoms with van der Waals surface area (Å²) >= 11 is 0. The Morgan fingerprint density at radius 2 is 1.96 bits per heavy atom. The Hall–Kier alpha value is -2.83. The lowest BCUT2D eigenvalue weighted by molar-refractivity contribution is -0.154. The minimum absolute atomic E-state index is 0.0537. The number of carbonyl (C=O) groups excluding carboxylic acids is 3. The van der Waals surface area contributed by atoms with Gasteiger partial charge in [-0.1, -0.05) is 32.0 Å². The first-order chi connectivity index (χ1) is 10.9. The van der Waals surface area contributed by atoms with Crippen molar-refractivity contribution in [1.82, 2.24) is 5.32 Å². The Labute approximate surface area is 133 Å². The van der Waals surface area contributed by atoms with Crippen LogP contribution in [-0.2, 0) is 14.3 Å². The van der Waals surface area contributed by atoms with E-state index in [4.69, 9.17) is 15.2 Å². The third-order valence-corrected chi connectivity index (χ3v) is 3.24. The number of urea groups is 1. The molecule has 1 aliphatic heterocycles. The van der Waals surface area contributed by atoms with Gasteiger partial charge in [-0.3, -0.25) is 10.1 Å². The van der Waals surface area contributed by atoms with E-state index in [1.165, 1.54) is 0 Å². The summed E-state index contributed by atoms with van der Waals surface area (Å²) < 4.78 is 10.7. The van der Waals surface area contributed by atoms with Crippen molar-refractivity contribution >= 4 is 24.0 Å². The van der Waals surface area contributed by atoms with E-state index in [-0.39, 0.29) is 12.5 Å². The number of benzene rings is 1. The van der Waals surface area contributed by atoms with Crippen molar-refractivity contribution in [2.24, 2.45) is 11.7 Å². The van der Waals surface area contributed by atoms with Crippen LogP contribution in [0.3, 0.4) is 0 Å². The number of nitrogens with one attached hydrogen (secondary N) is 1. The first-order valence-electron chi connectivity index (χ1n) is 7.12.